The molecule has 0 aliphatic heterocycles. The van der Waals surface area contributed by atoms with E-state index < -0.39 is 0 Å². The van der Waals surface area contributed by atoms with Crippen molar-refractivity contribution >= 4 is 11.6 Å². The molecule has 1 aromatic rings. The Hall–Kier alpha value is -0.530. The van der Waals surface area contributed by atoms with Crippen molar-refractivity contribution in [2.75, 3.05) is 6.54 Å². The Kier molecular flexibility index (Phi) is 5.48. The molecule has 0 spiro atoms. The fraction of sp³-hybridized carbons (Fsp3) is 0.600. The predicted molar refractivity (Wildman–Crippen MR) is 76.6 cm³/mol. The highest BCUT2D eigenvalue weighted by Crippen LogP contribution is 2.32. The minimum absolute atomic E-state index is 0.296. The molecule has 0 saturated carbocycles. The van der Waals surface area contributed by atoms with Gasteiger partial charge in [-0.3, -0.25) is 0 Å². The van der Waals surface area contributed by atoms with Gasteiger partial charge in [-0.15, -0.1) is 0 Å². The summed E-state index contributed by atoms with van der Waals surface area (Å²) in [5.41, 5.74) is 1.52. The van der Waals surface area contributed by atoms with Crippen molar-refractivity contribution in [1.29, 1.82) is 0 Å². The third-order valence-corrected chi connectivity index (χ3v) is 3.08. The zero-order valence-corrected chi connectivity index (χ0v) is 12.1. The lowest BCUT2D eigenvalue weighted by Crippen LogP contribution is -2.26. The van der Waals surface area contributed by atoms with Crippen LogP contribution in [0.4, 0.5) is 0 Å². The molecule has 1 atom stereocenters. The maximum atomic E-state index is 6.29. The van der Waals surface area contributed by atoms with Crippen LogP contribution in [0.1, 0.15) is 52.1 Å². The van der Waals surface area contributed by atoms with Gasteiger partial charge in [-0.25, -0.2) is 0 Å². The van der Waals surface area contributed by atoms with Crippen LogP contribution in [0.5, 0.6) is 0 Å². The summed E-state index contributed by atoms with van der Waals surface area (Å²) in [6.07, 6.45) is 2.24. The first-order valence-electron chi connectivity index (χ1n) is 6.42. The molecular formula is C15H24ClN. The number of nitrogens with one attached hydrogen (secondary N) is 1. The van der Waals surface area contributed by atoms with E-state index in [9.17, 15) is 0 Å². The zero-order chi connectivity index (χ0) is 12.9. The van der Waals surface area contributed by atoms with Crippen LogP contribution in [0.3, 0.4) is 0 Å². The van der Waals surface area contributed by atoms with Gasteiger partial charge in [0.05, 0.1) is 0 Å². The fourth-order valence-corrected chi connectivity index (χ4v) is 2.25. The number of hydrogen-bond donors (Lipinski definition) is 1. The minimum atomic E-state index is 0.296. The van der Waals surface area contributed by atoms with Gasteiger partial charge in [-0.1, -0.05) is 57.5 Å². The number of halogens is 1. The first-order chi connectivity index (χ1) is 7.94. The van der Waals surface area contributed by atoms with E-state index in [-0.39, 0.29) is 0 Å². The minimum Gasteiger partial charge on any atom is -0.310 e. The molecule has 0 bridgehead atoms. The highest BCUT2D eigenvalue weighted by Gasteiger charge is 2.21. The molecule has 0 fully saturated rings. The van der Waals surface area contributed by atoms with Crippen LogP contribution in [-0.4, -0.2) is 6.54 Å². The average Bonchev–Trinajstić information content (AvgIpc) is 2.23. The number of rotatable bonds is 5. The van der Waals surface area contributed by atoms with Crippen LogP contribution >= 0.6 is 11.6 Å². The molecular weight excluding hydrogens is 230 g/mol. The molecule has 0 radical (unpaired) electrons. The van der Waals surface area contributed by atoms with E-state index in [1.165, 1.54) is 5.56 Å². The highest BCUT2D eigenvalue weighted by atomic mass is 35.5. The van der Waals surface area contributed by atoms with Gasteiger partial charge >= 0.3 is 0 Å². The number of hydrogen-bond acceptors (Lipinski definition) is 1. The van der Waals surface area contributed by atoms with E-state index in [2.05, 4.69) is 45.1 Å². The van der Waals surface area contributed by atoms with Gasteiger partial charge in [-0.2, -0.15) is 0 Å². The molecule has 0 aliphatic rings. The highest BCUT2D eigenvalue weighted by molar-refractivity contribution is 6.31. The molecule has 0 aromatic heterocycles. The van der Waals surface area contributed by atoms with E-state index >= 15 is 0 Å². The first kappa shape index (κ1) is 14.5. The van der Waals surface area contributed by atoms with Crippen molar-refractivity contribution in [3.05, 3.63) is 34.9 Å². The molecule has 0 heterocycles. The fourth-order valence-electron chi connectivity index (χ4n) is 1.98. The summed E-state index contributed by atoms with van der Waals surface area (Å²) in [5, 5.41) is 4.46. The van der Waals surface area contributed by atoms with E-state index in [0.717, 1.165) is 24.4 Å². The quantitative estimate of drug-likeness (QED) is 0.794. The van der Waals surface area contributed by atoms with Crippen LogP contribution in [0.15, 0.2) is 24.3 Å². The molecule has 0 aliphatic carbocycles. The van der Waals surface area contributed by atoms with Gasteiger partial charge in [0.2, 0.25) is 0 Å². The van der Waals surface area contributed by atoms with Crippen molar-refractivity contribution in [1.82, 2.24) is 5.32 Å². The van der Waals surface area contributed by atoms with E-state index in [4.69, 9.17) is 11.6 Å². The summed E-state index contributed by atoms with van der Waals surface area (Å²) in [5.74, 6) is 0. The van der Waals surface area contributed by atoms with E-state index in [1.807, 2.05) is 12.1 Å². The second-order valence-electron chi connectivity index (χ2n) is 5.79. The lowest BCUT2D eigenvalue weighted by molar-refractivity contribution is 0.311. The molecule has 1 aromatic carbocycles. The van der Waals surface area contributed by atoms with Gasteiger partial charge in [0.1, 0.15) is 0 Å². The lowest BCUT2D eigenvalue weighted by atomic mass is 9.85. The van der Waals surface area contributed by atoms with Gasteiger partial charge < -0.3 is 5.32 Å². The van der Waals surface area contributed by atoms with Crippen LogP contribution in [0.25, 0.3) is 0 Å². The summed E-state index contributed by atoms with van der Waals surface area (Å²) < 4.78 is 0. The third-order valence-electron chi connectivity index (χ3n) is 2.74. The average molecular weight is 254 g/mol. The zero-order valence-electron chi connectivity index (χ0n) is 11.4. The van der Waals surface area contributed by atoms with Gasteiger partial charge in [0.15, 0.2) is 0 Å². The molecule has 17 heavy (non-hydrogen) atoms. The molecule has 96 valence electrons. The van der Waals surface area contributed by atoms with Gasteiger partial charge in [0.25, 0.3) is 0 Å². The topological polar surface area (TPSA) is 12.0 Å². The number of benzene rings is 1. The summed E-state index contributed by atoms with van der Waals surface area (Å²) in [6, 6.07) is 8.50. The van der Waals surface area contributed by atoms with E-state index in [1.54, 1.807) is 0 Å². The third kappa shape index (κ3) is 5.10. The molecule has 0 saturated heterocycles. The Labute approximate surface area is 111 Å². The largest absolute Gasteiger partial charge is 0.310 e. The Morgan fingerprint density at radius 3 is 2.41 bits per heavy atom. The van der Waals surface area contributed by atoms with Crippen LogP contribution in [-0.2, 0) is 0 Å². The second-order valence-corrected chi connectivity index (χ2v) is 6.20. The Morgan fingerprint density at radius 2 is 1.88 bits per heavy atom. The van der Waals surface area contributed by atoms with Crippen molar-refractivity contribution < 1.29 is 0 Å². The lowest BCUT2D eigenvalue weighted by Gasteiger charge is -2.28. The summed E-state index contributed by atoms with van der Waals surface area (Å²) in [7, 11) is 0. The Bertz CT molecular complexity index is 341. The van der Waals surface area contributed by atoms with Crippen LogP contribution < -0.4 is 5.32 Å². The van der Waals surface area contributed by atoms with Gasteiger partial charge in [-0.05, 0) is 36.4 Å². The summed E-state index contributed by atoms with van der Waals surface area (Å²) in [4.78, 5) is 0. The monoisotopic (exact) mass is 253 g/mol. The molecule has 1 rings (SSSR count). The molecule has 1 unspecified atom stereocenters. The van der Waals surface area contributed by atoms with Gasteiger partial charge in [0, 0.05) is 11.1 Å². The van der Waals surface area contributed by atoms with Crippen molar-refractivity contribution in [3.63, 3.8) is 0 Å². The van der Waals surface area contributed by atoms with Crippen LogP contribution in [0.2, 0.25) is 5.02 Å². The molecule has 2 heteroatoms. The SMILES string of the molecule is CCCNC(CC(C)(C)C)c1ccccc1Cl. The smallest absolute Gasteiger partial charge is 0.0453 e. The summed E-state index contributed by atoms with van der Waals surface area (Å²) in [6.45, 7) is 10.0. The van der Waals surface area contributed by atoms with Crippen molar-refractivity contribution in [2.45, 2.75) is 46.6 Å². The summed E-state index contributed by atoms with van der Waals surface area (Å²) >= 11 is 6.29. The second kappa shape index (κ2) is 6.42. The Morgan fingerprint density at radius 1 is 1.24 bits per heavy atom. The molecule has 1 N–H and O–H groups in total. The van der Waals surface area contributed by atoms with E-state index in [0.29, 0.717) is 11.5 Å². The maximum absolute atomic E-state index is 6.29. The molecule has 0 amide bonds. The maximum Gasteiger partial charge on any atom is 0.0453 e. The predicted octanol–water partition coefficient (Wildman–Crippen LogP) is 4.82. The standard InChI is InChI=1S/C15H24ClN/c1-5-10-17-14(11-15(2,3)4)12-8-6-7-9-13(12)16/h6-9,14,17H,5,10-11H2,1-4H3. The van der Waals surface area contributed by atoms with Crippen molar-refractivity contribution in [2.24, 2.45) is 5.41 Å². The Balaban J connectivity index is 2.86. The van der Waals surface area contributed by atoms with Crippen LogP contribution in [0, 0.1) is 5.41 Å². The first-order valence-corrected chi connectivity index (χ1v) is 6.79. The molecule has 1 nitrogen and oxygen atoms in total. The normalized spacial score (nSPS) is 13.7. The van der Waals surface area contributed by atoms with Crippen molar-refractivity contribution in [3.8, 4) is 0 Å².